The molecule has 4 nitrogen and oxygen atoms in total. The van der Waals surface area contributed by atoms with Gasteiger partial charge < -0.3 is 0 Å². The first kappa shape index (κ1) is 14.5. The average Bonchev–Trinajstić information content (AvgIpc) is 2.92. The van der Waals surface area contributed by atoms with Gasteiger partial charge in [0, 0.05) is 9.86 Å². The minimum atomic E-state index is -0.474. The monoisotopic (exact) mass is 353 g/mol. The number of carbonyl (C=O) groups is 1. The molecule has 0 bridgehead atoms. The number of benzene rings is 2. The largest absolute Gasteiger partial charge is 0.297 e. The first-order valence-electron chi connectivity index (χ1n) is 6.73. The molecule has 1 atom stereocenters. The van der Waals surface area contributed by atoms with Crippen LogP contribution in [0.2, 0.25) is 0 Å². The van der Waals surface area contributed by atoms with Crippen molar-refractivity contribution in [2.24, 2.45) is 0 Å². The zero-order valence-electron chi connectivity index (χ0n) is 11.8. The van der Waals surface area contributed by atoms with Crippen molar-refractivity contribution >= 4 is 32.6 Å². The number of rotatable bonds is 3. The Kier molecular flexibility index (Phi) is 3.78. The molecule has 3 aromatic rings. The Labute approximate surface area is 136 Å². The van der Waals surface area contributed by atoms with Gasteiger partial charge in [-0.3, -0.25) is 4.79 Å². The molecule has 0 aliphatic heterocycles. The van der Waals surface area contributed by atoms with E-state index in [1.807, 2.05) is 30.3 Å². The highest BCUT2D eigenvalue weighted by Gasteiger charge is 2.21. The molecular weight excluding hydrogens is 342 g/mol. The Morgan fingerprint density at radius 1 is 1.27 bits per heavy atom. The molecule has 1 aromatic heterocycles. The van der Waals surface area contributed by atoms with Gasteiger partial charge in [0.25, 0.3) is 0 Å². The van der Waals surface area contributed by atoms with E-state index in [9.17, 15) is 4.79 Å². The molecule has 1 unspecified atom stereocenters. The number of hydrogen-bond donors (Lipinski definition) is 0. The fourth-order valence-electron chi connectivity index (χ4n) is 2.52. The van der Waals surface area contributed by atoms with Gasteiger partial charge in [-0.15, -0.1) is 0 Å². The molecule has 22 heavy (non-hydrogen) atoms. The molecular formula is C17H12BrN3O. The molecule has 0 aliphatic carbocycles. The highest BCUT2D eigenvalue weighted by Crippen LogP contribution is 2.26. The number of nitrogens with zero attached hydrogens (tertiary/aromatic N) is 3. The second-order valence-electron chi connectivity index (χ2n) is 5.04. The van der Waals surface area contributed by atoms with Crippen molar-refractivity contribution in [1.29, 1.82) is 5.26 Å². The number of Topliss-reactive ketones (excluding diaryl/α,β-unsaturated/α-hetero) is 1. The van der Waals surface area contributed by atoms with Crippen molar-refractivity contribution in [1.82, 2.24) is 9.78 Å². The summed E-state index contributed by atoms with van der Waals surface area (Å²) in [5.41, 5.74) is 2.29. The van der Waals surface area contributed by atoms with E-state index in [0.717, 1.165) is 20.9 Å². The van der Waals surface area contributed by atoms with Crippen molar-refractivity contribution < 1.29 is 4.79 Å². The summed E-state index contributed by atoms with van der Waals surface area (Å²) in [6, 6.07) is 14.6. The van der Waals surface area contributed by atoms with Gasteiger partial charge >= 0.3 is 0 Å². The van der Waals surface area contributed by atoms with Crippen LogP contribution >= 0.6 is 15.9 Å². The molecule has 108 valence electrons. The van der Waals surface area contributed by atoms with Crippen molar-refractivity contribution in [3.63, 3.8) is 0 Å². The van der Waals surface area contributed by atoms with Crippen LogP contribution in [0.25, 0.3) is 10.9 Å². The van der Waals surface area contributed by atoms with Crippen LogP contribution in [-0.4, -0.2) is 15.6 Å². The fourth-order valence-corrected chi connectivity index (χ4v) is 2.79. The van der Waals surface area contributed by atoms with E-state index >= 15 is 0 Å². The number of hydrogen-bond acceptors (Lipinski definition) is 3. The van der Waals surface area contributed by atoms with E-state index in [4.69, 9.17) is 5.26 Å². The molecule has 1 heterocycles. The first-order valence-corrected chi connectivity index (χ1v) is 7.53. The summed E-state index contributed by atoms with van der Waals surface area (Å²) in [4.78, 5) is 12.2. The third-order valence-electron chi connectivity index (χ3n) is 3.54. The predicted octanol–water partition coefficient (Wildman–Crippen LogP) is 3.85. The highest BCUT2D eigenvalue weighted by molar-refractivity contribution is 9.10. The van der Waals surface area contributed by atoms with Crippen LogP contribution in [0.3, 0.4) is 0 Å². The zero-order chi connectivity index (χ0) is 15.7. The molecule has 2 aromatic carbocycles. The van der Waals surface area contributed by atoms with Gasteiger partial charge in [-0.1, -0.05) is 28.1 Å². The maximum Gasteiger partial charge on any atom is 0.158 e. The summed E-state index contributed by atoms with van der Waals surface area (Å²) >= 11 is 3.40. The molecule has 0 radical (unpaired) electrons. The molecule has 3 rings (SSSR count). The standard InChI is InChI=1S/C17H12BrN3O/c1-11(22)17(13-3-5-15(18)6-4-13)21-16-7-2-12(9-19)8-14(16)10-20-21/h2-8,10,17H,1H3. The lowest BCUT2D eigenvalue weighted by Gasteiger charge is -2.16. The maximum absolute atomic E-state index is 12.2. The molecule has 5 heteroatoms. The fraction of sp³-hybridized carbons (Fsp3) is 0.118. The Hall–Kier alpha value is -2.45. The van der Waals surface area contributed by atoms with Crippen LogP contribution < -0.4 is 0 Å². The summed E-state index contributed by atoms with van der Waals surface area (Å²) in [6.07, 6.45) is 1.69. The van der Waals surface area contributed by atoms with Gasteiger partial charge in [-0.2, -0.15) is 10.4 Å². The Morgan fingerprint density at radius 2 is 2.00 bits per heavy atom. The van der Waals surface area contributed by atoms with Gasteiger partial charge in [-0.05, 0) is 42.8 Å². The smallest absolute Gasteiger partial charge is 0.158 e. The summed E-state index contributed by atoms with van der Waals surface area (Å²) < 4.78 is 2.67. The molecule has 0 saturated carbocycles. The number of carbonyl (C=O) groups excluding carboxylic acids is 1. The molecule has 0 amide bonds. The van der Waals surface area contributed by atoms with Crippen molar-refractivity contribution in [3.05, 3.63) is 64.3 Å². The van der Waals surface area contributed by atoms with E-state index in [2.05, 4.69) is 27.1 Å². The molecule has 0 saturated heterocycles. The van der Waals surface area contributed by atoms with E-state index in [1.54, 1.807) is 29.9 Å². The van der Waals surface area contributed by atoms with Crippen LogP contribution in [0.15, 0.2) is 53.1 Å². The highest BCUT2D eigenvalue weighted by atomic mass is 79.9. The van der Waals surface area contributed by atoms with Gasteiger partial charge in [-0.25, -0.2) is 4.68 Å². The normalized spacial score (nSPS) is 12.0. The third kappa shape index (κ3) is 2.53. The van der Waals surface area contributed by atoms with Crippen molar-refractivity contribution in [2.75, 3.05) is 0 Å². The zero-order valence-corrected chi connectivity index (χ0v) is 13.4. The topological polar surface area (TPSA) is 58.7 Å². The quantitative estimate of drug-likeness (QED) is 0.718. The lowest BCUT2D eigenvalue weighted by Crippen LogP contribution is -2.19. The lowest BCUT2D eigenvalue weighted by molar-refractivity contribution is -0.119. The summed E-state index contributed by atoms with van der Waals surface area (Å²) in [6.45, 7) is 1.56. The van der Waals surface area contributed by atoms with Crippen LogP contribution in [0.4, 0.5) is 0 Å². The predicted molar refractivity (Wildman–Crippen MR) is 87.4 cm³/mol. The van der Waals surface area contributed by atoms with E-state index in [0.29, 0.717) is 5.56 Å². The van der Waals surface area contributed by atoms with Gasteiger partial charge in [0.2, 0.25) is 0 Å². The minimum absolute atomic E-state index is 0.0108. The van der Waals surface area contributed by atoms with Crippen LogP contribution in [0.5, 0.6) is 0 Å². The van der Waals surface area contributed by atoms with E-state index < -0.39 is 6.04 Å². The average molecular weight is 354 g/mol. The number of aromatic nitrogens is 2. The SMILES string of the molecule is CC(=O)C(c1ccc(Br)cc1)n1ncc2cc(C#N)ccc21. The maximum atomic E-state index is 12.2. The number of halogens is 1. The minimum Gasteiger partial charge on any atom is -0.297 e. The Balaban J connectivity index is 2.15. The third-order valence-corrected chi connectivity index (χ3v) is 4.07. The van der Waals surface area contributed by atoms with E-state index in [-0.39, 0.29) is 5.78 Å². The molecule has 0 fully saturated rings. The van der Waals surface area contributed by atoms with Crippen molar-refractivity contribution in [2.45, 2.75) is 13.0 Å². The lowest BCUT2D eigenvalue weighted by atomic mass is 10.0. The molecule has 0 spiro atoms. The van der Waals surface area contributed by atoms with Crippen molar-refractivity contribution in [3.8, 4) is 6.07 Å². The summed E-state index contributed by atoms with van der Waals surface area (Å²) in [5.74, 6) is 0.0108. The van der Waals surface area contributed by atoms with Gasteiger partial charge in [0.15, 0.2) is 5.78 Å². The van der Waals surface area contributed by atoms with Crippen LogP contribution in [-0.2, 0) is 4.79 Å². The van der Waals surface area contributed by atoms with Gasteiger partial charge in [0.05, 0.1) is 23.3 Å². The van der Waals surface area contributed by atoms with Crippen LogP contribution in [0, 0.1) is 11.3 Å². The summed E-state index contributed by atoms with van der Waals surface area (Å²) in [5, 5.41) is 14.2. The van der Waals surface area contributed by atoms with Gasteiger partial charge in [0.1, 0.15) is 6.04 Å². The number of fused-ring (bicyclic) bond motifs is 1. The summed E-state index contributed by atoms with van der Waals surface area (Å²) in [7, 11) is 0. The second kappa shape index (κ2) is 5.74. The first-order chi connectivity index (χ1) is 10.6. The molecule has 0 aliphatic rings. The van der Waals surface area contributed by atoms with Crippen LogP contribution in [0.1, 0.15) is 24.1 Å². The number of nitriles is 1. The second-order valence-corrected chi connectivity index (χ2v) is 5.95. The number of ketones is 1. The molecule has 0 N–H and O–H groups in total. The Morgan fingerprint density at radius 3 is 2.64 bits per heavy atom. The van der Waals surface area contributed by atoms with E-state index in [1.165, 1.54) is 0 Å². The Bertz CT molecular complexity index is 890.